The number of aryl methyl sites for hydroxylation is 2. The Morgan fingerprint density at radius 2 is 1.81 bits per heavy atom. The van der Waals surface area contributed by atoms with Crippen LogP contribution in [0.15, 0.2) is 17.0 Å². The fourth-order valence-corrected chi connectivity index (χ4v) is 5.25. The van der Waals surface area contributed by atoms with Gasteiger partial charge >= 0.3 is 0 Å². The molecular weight excluding hydrogens is 286 g/mol. The Bertz CT molecular complexity index is 650. The highest BCUT2D eigenvalue weighted by molar-refractivity contribution is 7.89. The van der Waals surface area contributed by atoms with Gasteiger partial charge in [0.25, 0.3) is 0 Å². The highest BCUT2D eigenvalue weighted by atomic mass is 32.2. The van der Waals surface area contributed by atoms with Gasteiger partial charge in [-0.05, 0) is 68.7 Å². The van der Waals surface area contributed by atoms with E-state index < -0.39 is 10.0 Å². The average molecular weight is 309 g/mol. The molecule has 4 nitrogen and oxygen atoms in total. The van der Waals surface area contributed by atoms with Crippen molar-refractivity contribution in [1.29, 1.82) is 0 Å². The smallest absolute Gasteiger partial charge is 0.247 e. The number of nitrogens with zero attached hydrogens (tertiary/aromatic N) is 1. The molecule has 3 rings (SSSR count). The molecule has 0 aromatic heterocycles. The van der Waals surface area contributed by atoms with E-state index in [4.69, 9.17) is 4.74 Å². The van der Waals surface area contributed by atoms with E-state index in [2.05, 4.69) is 0 Å². The molecule has 2 aliphatic rings. The van der Waals surface area contributed by atoms with Crippen molar-refractivity contribution < 1.29 is 13.2 Å². The molecule has 0 radical (unpaired) electrons. The van der Waals surface area contributed by atoms with Gasteiger partial charge in [0, 0.05) is 12.6 Å². The van der Waals surface area contributed by atoms with Gasteiger partial charge in [-0.2, -0.15) is 4.31 Å². The summed E-state index contributed by atoms with van der Waals surface area (Å²) in [5.74, 6) is 1.03. The topological polar surface area (TPSA) is 46.6 Å². The number of benzene rings is 1. The molecule has 21 heavy (non-hydrogen) atoms. The molecule has 0 spiro atoms. The van der Waals surface area contributed by atoms with Crippen LogP contribution in [-0.4, -0.2) is 32.4 Å². The lowest BCUT2D eigenvalue weighted by molar-refractivity contribution is 0.351. The third kappa shape index (κ3) is 2.57. The van der Waals surface area contributed by atoms with Crippen molar-refractivity contribution in [2.45, 2.75) is 50.5 Å². The summed E-state index contributed by atoms with van der Waals surface area (Å²) in [6, 6.07) is 3.78. The minimum absolute atomic E-state index is 0.196. The minimum atomic E-state index is -3.47. The first kappa shape index (κ1) is 14.9. The molecule has 0 bridgehead atoms. The number of methoxy groups -OCH3 is 1. The molecule has 0 N–H and O–H groups in total. The number of ether oxygens (including phenoxy) is 1. The highest BCUT2D eigenvalue weighted by Crippen LogP contribution is 2.43. The van der Waals surface area contributed by atoms with Gasteiger partial charge in [-0.25, -0.2) is 8.42 Å². The maximum Gasteiger partial charge on any atom is 0.247 e. The van der Waals surface area contributed by atoms with Crippen LogP contribution in [0.2, 0.25) is 0 Å². The van der Waals surface area contributed by atoms with Gasteiger partial charge in [0.2, 0.25) is 10.0 Å². The lowest BCUT2D eigenvalue weighted by Gasteiger charge is -2.25. The predicted octanol–water partition coefficient (Wildman–Crippen LogP) is 2.88. The van der Waals surface area contributed by atoms with E-state index >= 15 is 0 Å². The molecule has 1 heterocycles. The van der Waals surface area contributed by atoms with Gasteiger partial charge in [-0.15, -0.1) is 0 Å². The Labute approximate surface area is 127 Å². The molecule has 1 atom stereocenters. The van der Waals surface area contributed by atoms with Crippen LogP contribution in [0.1, 0.15) is 36.8 Å². The van der Waals surface area contributed by atoms with E-state index in [0.29, 0.717) is 23.1 Å². The Hall–Kier alpha value is -1.07. The van der Waals surface area contributed by atoms with Crippen molar-refractivity contribution in [3.63, 3.8) is 0 Å². The van der Waals surface area contributed by atoms with Crippen LogP contribution in [0.25, 0.3) is 0 Å². The van der Waals surface area contributed by atoms with Gasteiger partial charge in [-0.3, -0.25) is 0 Å². The molecule has 1 aliphatic heterocycles. The van der Waals surface area contributed by atoms with E-state index in [1.807, 2.05) is 19.9 Å². The summed E-state index contributed by atoms with van der Waals surface area (Å²) in [6.07, 6.45) is 4.30. The summed E-state index contributed by atoms with van der Waals surface area (Å²) in [7, 11) is -1.93. The summed E-state index contributed by atoms with van der Waals surface area (Å²) in [5, 5.41) is 0. The van der Waals surface area contributed by atoms with E-state index in [9.17, 15) is 8.42 Å². The second kappa shape index (κ2) is 5.29. The van der Waals surface area contributed by atoms with Gasteiger partial charge in [0.1, 0.15) is 10.6 Å². The number of rotatable bonds is 4. The Kier molecular flexibility index (Phi) is 3.74. The number of hydrogen-bond acceptors (Lipinski definition) is 3. The van der Waals surface area contributed by atoms with Crippen LogP contribution in [0.3, 0.4) is 0 Å². The van der Waals surface area contributed by atoms with Gasteiger partial charge in [0.05, 0.1) is 7.11 Å². The second-order valence-electron chi connectivity index (χ2n) is 6.25. The van der Waals surface area contributed by atoms with Crippen LogP contribution in [0.4, 0.5) is 0 Å². The number of hydrogen-bond donors (Lipinski definition) is 0. The van der Waals surface area contributed by atoms with Crippen molar-refractivity contribution in [3.05, 3.63) is 23.3 Å². The van der Waals surface area contributed by atoms with Crippen molar-refractivity contribution in [2.75, 3.05) is 13.7 Å². The highest BCUT2D eigenvalue weighted by Gasteiger charge is 2.44. The summed E-state index contributed by atoms with van der Waals surface area (Å²) < 4.78 is 33.2. The molecule has 1 aromatic rings. The summed E-state index contributed by atoms with van der Waals surface area (Å²) >= 11 is 0. The Balaban J connectivity index is 2.03. The second-order valence-corrected chi connectivity index (χ2v) is 8.11. The summed E-state index contributed by atoms with van der Waals surface area (Å²) in [5.41, 5.74) is 2.03. The molecule has 1 saturated carbocycles. The predicted molar refractivity (Wildman–Crippen MR) is 82.1 cm³/mol. The molecular formula is C16H23NO3S. The fraction of sp³-hybridized carbons (Fsp3) is 0.625. The van der Waals surface area contributed by atoms with Crippen LogP contribution in [0.5, 0.6) is 5.75 Å². The van der Waals surface area contributed by atoms with Gasteiger partial charge in [-0.1, -0.05) is 0 Å². The molecule has 1 aliphatic carbocycles. The van der Waals surface area contributed by atoms with Crippen molar-refractivity contribution >= 4 is 10.0 Å². The van der Waals surface area contributed by atoms with Crippen LogP contribution < -0.4 is 4.74 Å². The zero-order valence-corrected chi connectivity index (χ0v) is 13.7. The molecule has 1 unspecified atom stereocenters. The van der Waals surface area contributed by atoms with Gasteiger partial charge in [0.15, 0.2) is 0 Å². The zero-order chi connectivity index (χ0) is 15.2. The van der Waals surface area contributed by atoms with E-state index in [1.165, 1.54) is 20.0 Å². The van der Waals surface area contributed by atoms with Crippen LogP contribution in [0, 0.1) is 19.8 Å². The summed E-state index contributed by atoms with van der Waals surface area (Å²) in [4.78, 5) is 0.320. The first-order chi connectivity index (χ1) is 9.95. The zero-order valence-electron chi connectivity index (χ0n) is 12.9. The molecule has 1 saturated heterocycles. The third-order valence-corrected chi connectivity index (χ3v) is 6.73. The first-order valence-electron chi connectivity index (χ1n) is 7.62. The molecule has 0 amide bonds. The first-order valence-corrected chi connectivity index (χ1v) is 9.06. The Morgan fingerprint density at radius 1 is 1.14 bits per heavy atom. The van der Waals surface area contributed by atoms with Crippen molar-refractivity contribution in [3.8, 4) is 5.75 Å². The quantitative estimate of drug-likeness (QED) is 0.859. The van der Waals surface area contributed by atoms with Crippen LogP contribution in [-0.2, 0) is 10.0 Å². The lowest BCUT2D eigenvalue weighted by Crippen LogP contribution is -2.37. The van der Waals surface area contributed by atoms with Gasteiger partial charge < -0.3 is 4.74 Å². The van der Waals surface area contributed by atoms with E-state index in [-0.39, 0.29) is 6.04 Å². The molecule has 1 aromatic carbocycles. The number of sulfonamides is 1. The molecule has 5 heteroatoms. The lowest BCUT2D eigenvalue weighted by atomic mass is 10.1. The molecule has 116 valence electrons. The standard InChI is InChI=1S/C16H23NO3S/c1-11-9-15(20-3)16(10-12(11)2)21(18,19)17-8-4-5-14(17)13-6-7-13/h9-10,13-14H,4-8H2,1-3H3. The Morgan fingerprint density at radius 3 is 2.43 bits per heavy atom. The maximum absolute atomic E-state index is 13.1. The molecule has 2 fully saturated rings. The summed E-state index contributed by atoms with van der Waals surface area (Å²) in [6.45, 7) is 4.55. The third-order valence-electron chi connectivity index (χ3n) is 4.78. The SMILES string of the molecule is COc1cc(C)c(C)cc1S(=O)(=O)N1CCCC1C1CC1. The average Bonchev–Trinajstić information content (AvgIpc) is 3.17. The van der Waals surface area contributed by atoms with Crippen LogP contribution >= 0.6 is 0 Å². The minimum Gasteiger partial charge on any atom is -0.495 e. The van der Waals surface area contributed by atoms with Crippen molar-refractivity contribution in [2.24, 2.45) is 5.92 Å². The normalized spacial score (nSPS) is 23.5. The van der Waals surface area contributed by atoms with E-state index in [1.54, 1.807) is 10.4 Å². The van der Waals surface area contributed by atoms with E-state index in [0.717, 1.165) is 24.0 Å². The fourth-order valence-electron chi connectivity index (χ4n) is 3.27. The maximum atomic E-state index is 13.1. The van der Waals surface area contributed by atoms with Crippen molar-refractivity contribution in [1.82, 2.24) is 4.31 Å². The monoisotopic (exact) mass is 309 g/mol. The largest absolute Gasteiger partial charge is 0.495 e.